The van der Waals surface area contributed by atoms with Gasteiger partial charge in [0.05, 0.1) is 13.2 Å². The molecule has 3 nitrogen and oxygen atoms in total. The Kier molecular flexibility index (Phi) is 7.68. The minimum absolute atomic E-state index is 0.234. The lowest BCUT2D eigenvalue weighted by atomic mass is 9.96. The van der Waals surface area contributed by atoms with E-state index >= 15 is 0 Å². The zero-order chi connectivity index (χ0) is 18.1. The number of carbonyl (C=O) groups excluding carboxylic acids is 1. The first-order valence-corrected chi connectivity index (χ1v) is 8.97. The molecule has 0 spiro atoms. The fourth-order valence-electron chi connectivity index (χ4n) is 2.90. The first-order valence-electron chi connectivity index (χ1n) is 8.97. The molecule has 2 rings (SSSR count). The van der Waals surface area contributed by atoms with Crippen LogP contribution in [-0.2, 0) is 33.5 Å². The second-order valence-electron chi connectivity index (χ2n) is 6.32. The van der Waals surface area contributed by atoms with Crippen LogP contribution in [0.5, 0.6) is 0 Å². The van der Waals surface area contributed by atoms with Crippen molar-refractivity contribution in [1.29, 1.82) is 0 Å². The average molecular weight is 340 g/mol. The number of hydrogen-bond acceptors (Lipinski definition) is 3. The molecule has 0 saturated carbocycles. The van der Waals surface area contributed by atoms with E-state index in [0.29, 0.717) is 13.2 Å². The molecule has 0 atom stereocenters. The van der Waals surface area contributed by atoms with Crippen molar-refractivity contribution in [2.24, 2.45) is 0 Å². The molecule has 0 N–H and O–H groups in total. The van der Waals surface area contributed by atoms with Crippen LogP contribution in [0.15, 0.2) is 42.5 Å². The highest BCUT2D eigenvalue weighted by Crippen LogP contribution is 2.24. The highest BCUT2D eigenvalue weighted by molar-refractivity contribution is 5.66. The summed E-state index contributed by atoms with van der Waals surface area (Å²) < 4.78 is 10.3. The fourth-order valence-corrected chi connectivity index (χ4v) is 2.90. The number of benzene rings is 2. The van der Waals surface area contributed by atoms with Crippen molar-refractivity contribution in [3.63, 3.8) is 0 Å². The standard InChI is InChI=1S/C22H28O3/c1-4-5-18-6-8-21(9-7-18)22-15-19(10-12-24-3)14-20(16-22)11-13-25-17(2)23/h6-9,14-16H,4-5,10-13H2,1-3H3. The van der Waals surface area contributed by atoms with Gasteiger partial charge < -0.3 is 9.47 Å². The molecule has 2 aromatic carbocycles. The van der Waals surface area contributed by atoms with Gasteiger partial charge in [0.1, 0.15) is 0 Å². The van der Waals surface area contributed by atoms with Crippen molar-refractivity contribution in [2.45, 2.75) is 39.5 Å². The summed E-state index contributed by atoms with van der Waals surface area (Å²) in [5.41, 5.74) is 6.22. The monoisotopic (exact) mass is 340 g/mol. The molecule has 0 unspecified atom stereocenters. The molecule has 0 aliphatic rings. The molecule has 0 aromatic heterocycles. The molecule has 0 radical (unpaired) electrons. The van der Waals surface area contributed by atoms with Crippen molar-refractivity contribution >= 4 is 5.97 Å². The predicted octanol–water partition coefficient (Wildman–Crippen LogP) is 4.60. The number of esters is 1. The molecule has 3 heteroatoms. The van der Waals surface area contributed by atoms with E-state index in [0.717, 1.165) is 25.7 Å². The van der Waals surface area contributed by atoms with E-state index in [1.54, 1.807) is 7.11 Å². The number of rotatable bonds is 9. The van der Waals surface area contributed by atoms with Crippen LogP contribution in [0.1, 0.15) is 37.0 Å². The van der Waals surface area contributed by atoms with Crippen LogP contribution in [0.4, 0.5) is 0 Å². The highest BCUT2D eigenvalue weighted by Gasteiger charge is 2.05. The zero-order valence-corrected chi connectivity index (χ0v) is 15.5. The molecule has 0 bridgehead atoms. The Labute approximate surface area is 151 Å². The van der Waals surface area contributed by atoms with E-state index < -0.39 is 0 Å². The summed E-state index contributed by atoms with van der Waals surface area (Å²) in [6.45, 7) is 4.75. The van der Waals surface area contributed by atoms with Crippen molar-refractivity contribution < 1.29 is 14.3 Å². The zero-order valence-electron chi connectivity index (χ0n) is 15.5. The van der Waals surface area contributed by atoms with Gasteiger partial charge in [0, 0.05) is 20.5 Å². The molecule has 134 valence electrons. The second-order valence-corrected chi connectivity index (χ2v) is 6.32. The Hall–Kier alpha value is -2.13. The fraction of sp³-hybridized carbons (Fsp3) is 0.409. The molecule has 0 fully saturated rings. The molecule has 0 saturated heterocycles. The van der Waals surface area contributed by atoms with Crippen molar-refractivity contribution in [3.05, 3.63) is 59.2 Å². The summed E-state index contributed by atoms with van der Waals surface area (Å²) in [7, 11) is 1.72. The minimum Gasteiger partial charge on any atom is -0.466 e. The average Bonchev–Trinajstić information content (AvgIpc) is 2.60. The van der Waals surface area contributed by atoms with E-state index in [-0.39, 0.29) is 5.97 Å². The summed E-state index contributed by atoms with van der Waals surface area (Å²) >= 11 is 0. The maximum atomic E-state index is 11.0. The molecule has 0 heterocycles. The number of aryl methyl sites for hydroxylation is 1. The lowest BCUT2D eigenvalue weighted by Gasteiger charge is -2.11. The number of hydrogen-bond donors (Lipinski definition) is 0. The van der Waals surface area contributed by atoms with Crippen LogP contribution in [0.3, 0.4) is 0 Å². The van der Waals surface area contributed by atoms with Crippen LogP contribution in [0, 0.1) is 0 Å². The summed E-state index contributed by atoms with van der Waals surface area (Å²) in [4.78, 5) is 11.0. The highest BCUT2D eigenvalue weighted by atomic mass is 16.5. The molecule has 0 aliphatic carbocycles. The summed E-state index contributed by atoms with van der Waals surface area (Å²) in [6.07, 6.45) is 3.87. The van der Waals surface area contributed by atoms with Gasteiger partial charge in [0.25, 0.3) is 0 Å². The van der Waals surface area contributed by atoms with Crippen LogP contribution in [-0.4, -0.2) is 26.3 Å². The van der Waals surface area contributed by atoms with Gasteiger partial charge >= 0.3 is 5.97 Å². The van der Waals surface area contributed by atoms with Crippen molar-refractivity contribution in [3.8, 4) is 11.1 Å². The van der Waals surface area contributed by atoms with Crippen molar-refractivity contribution in [1.82, 2.24) is 0 Å². The van der Waals surface area contributed by atoms with Gasteiger partial charge in [-0.2, -0.15) is 0 Å². The molecule has 2 aromatic rings. The number of ether oxygens (including phenoxy) is 2. The Bertz CT molecular complexity index is 674. The third-order valence-electron chi connectivity index (χ3n) is 4.17. The van der Waals surface area contributed by atoms with Gasteiger partial charge in [-0.05, 0) is 40.7 Å². The minimum atomic E-state index is -0.234. The maximum Gasteiger partial charge on any atom is 0.302 e. The second kappa shape index (κ2) is 10.00. The van der Waals surface area contributed by atoms with E-state index in [1.165, 1.54) is 34.7 Å². The third-order valence-corrected chi connectivity index (χ3v) is 4.17. The Morgan fingerprint density at radius 2 is 1.48 bits per heavy atom. The first kappa shape index (κ1) is 19.2. The smallest absolute Gasteiger partial charge is 0.302 e. The Balaban J connectivity index is 2.23. The Morgan fingerprint density at radius 3 is 2.04 bits per heavy atom. The van der Waals surface area contributed by atoms with E-state index in [1.807, 2.05) is 0 Å². The lowest BCUT2D eigenvalue weighted by molar-refractivity contribution is -0.140. The summed E-state index contributed by atoms with van der Waals surface area (Å²) in [6, 6.07) is 15.4. The topological polar surface area (TPSA) is 35.5 Å². The van der Waals surface area contributed by atoms with Gasteiger partial charge in [0.2, 0.25) is 0 Å². The lowest BCUT2D eigenvalue weighted by Crippen LogP contribution is -2.04. The molecular formula is C22H28O3. The summed E-state index contributed by atoms with van der Waals surface area (Å²) in [5.74, 6) is -0.234. The summed E-state index contributed by atoms with van der Waals surface area (Å²) in [5, 5.41) is 0. The van der Waals surface area contributed by atoms with Gasteiger partial charge in [-0.3, -0.25) is 4.79 Å². The quantitative estimate of drug-likeness (QED) is 0.626. The SMILES string of the molecule is CCCc1ccc(-c2cc(CCOC)cc(CCOC(C)=O)c2)cc1. The van der Waals surface area contributed by atoms with Gasteiger partial charge in [-0.1, -0.05) is 55.8 Å². The van der Waals surface area contributed by atoms with Crippen molar-refractivity contribution in [2.75, 3.05) is 20.3 Å². The first-order chi connectivity index (χ1) is 12.1. The van der Waals surface area contributed by atoms with E-state index in [2.05, 4.69) is 49.4 Å². The normalized spacial score (nSPS) is 10.7. The number of carbonyl (C=O) groups is 1. The maximum absolute atomic E-state index is 11.0. The number of methoxy groups -OCH3 is 1. The third kappa shape index (κ3) is 6.35. The largest absolute Gasteiger partial charge is 0.466 e. The Morgan fingerprint density at radius 1 is 0.840 bits per heavy atom. The van der Waals surface area contributed by atoms with E-state index in [9.17, 15) is 4.79 Å². The van der Waals surface area contributed by atoms with Crippen LogP contribution >= 0.6 is 0 Å². The van der Waals surface area contributed by atoms with Crippen LogP contribution < -0.4 is 0 Å². The molecule has 0 aliphatic heterocycles. The van der Waals surface area contributed by atoms with Crippen LogP contribution in [0.2, 0.25) is 0 Å². The van der Waals surface area contributed by atoms with Crippen LogP contribution in [0.25, 0.3) is 11.1 Å². The predicted molar refractivity (Wildman–Crippen MR) is 102 cm³/mol. The molecular weight excluding hydrogens is 312 g/mol. The van der Waals surface area contributed by atoms with Gasteiger partial charge in [0.15, 0.2) is 0 Å². The van der Waals surface area contributed by atoms with Gasteiger partial charge in [-0.25, -0.2) is 0 Å². The van der Waals surface area contributed by atoms with E-state index in [4.69, 9.17) is 9.47 Å². The molecule has 25 heavy (non-hydrogen) atoms. The van der Waals surface area contributed by atoms with Gasteiger partial charge in [-0.15, -0.1) is 0 Å². The molecule has 0 amide bonds.